The van der Waals surface area contributed by atoms with E-state index in [2.05, 4.69) is 0 Å². The zero-order chi connectivity index (χ0) is 18.9. The highest BCUT2D eigenvalue weighted by atomic mass is 19.4. The lowest BCUT2D eigenvalue weighted by atomic mass is 9.93. The maximum absolute atomic E-state index is 12.6. The van der Waals surface area contributed by atoms with Gasteiger partial charge in [0, 0.05) is 7.11 Å². The highest BCUT2D eigenvalue weighted by Crippen LogP contribution is 2.31. The second-order valence-corrected chi connectivity index (χ2v) is 7.06. The Labute approximate surface area is 145 Å². The van der Waals surface area contributed by atoms with Crippen LogP contribution in [0.1, 0.15) is 31.9 Å². The van der Waals surface area contributed by atoms with E-state index >= 15 is 0 Å². The van der Waals surface area contributed by atoms with Gasteiger partial charge in [0.15, 0.2) is 0 Å². The molecule has 7 heteroatoms. The fraction of sp³-hybridized carbons (Fsp3) is 0.500. The molecule has 25 heavy (non-hydrogen) atoms. The number of rotatable bonds is 3. The Balaban J connectivity index is 1.99. The Hall–Kier alpha value is -2.02. The molecule has 1 aliphatic heterocycles. The van der Waals surface area contributed by atoms with Crippen LogP contribution in [0.3, 0.4) is 0 Å². The Morgan fingerprint density at radius 1 is 1.16 bits per heavy atom. The average Bonchev–Trinajstić information content (AvgIpc) is 2.44. The number of amides is 1. The van der Waals surface area contributed by atoms with Crippen LogP contribution in [0.5, 0.6) is 0 Å². The lowest BCUT2D eigenvalue weighted by molar-refractivity contribution is -0.137. The summed E-state index contributed by atoms with van der Waals surface area (Å²) in [5.74, 6) is 0. The number of hydrogen-bond acceptors (Lipinski definition) is 3. The third-order valence-electron chi connectivity index (χ3n) is 3.79. The van der Waals surface area contributed by atoms with E-state index in [1.807, 2.05) is 0 Å². The number of carbonyl (C=O) groups is 1. The lowest BCUT2D eigenvalue weighted by Gasteiger charge is -2.47. The first-order valence-electron chi connectivity index (χ1n) is 7.84. The van der Waals surface area contributed by atoms with E-state index in [-0.39, 0.29) is 0 Å². The molecular formula is C18H22F3NO3. The predicted molar refractivity (Wildman–Crippen MR) is 88.0 cm³/mol. The molecule has 0 spiro atoms. The number of carbonyl (C=O) groups excluding carboxylic acids is 1. The molecule has 1 aromatic rings. The lowest BCUT2D eigenvalue weighted by Crippen LogP contribution is -2.63. The summed E-state index contributed by atoms with van der Waals surface area (Å²) in [6.07, 6.45) is -1.31. The highest BCUT2D eigenvalue weighted by molar-refractivity contribution is 5.70. The second-order valence-electron chi connectivity index (χ2n) is 7.06. The second kappa shape index (κ2) is 6.71. The van der Waals surface area contributed by atoms with Crippen LogP contribution in [0, 0.1) is 0 Å². The fourth-order valence-corrected chi connectivity index (χ4v) is 2.39. The van der Waals surface area contributed by atoms with Gasteiger partial charge in [-0.2, -0.15) is 13.2 Å². The zero-order valence-electron chi connectivity index (χ0n) is 14.7. The van der Waals surface area contributed by atoms with Crippen molar-refractivity contribution in [1.29, 1.82) is 0 Å². The summed E-state index contributed by atoms with van der Waals surface area (Å²) in [5.41, 5.74) is -1.29. The zero-order valence-corrected chi connectivity index (χ0v) is 14.7. The van der Waals surface area contributed by atoms with E-state index in [0.29, 0.717) is 18.7 Å². The minimum Gasteiger partial charge on any atom is -0.444 e. The van der Waals surface area contributed by atoms with Gasteiger partial charge in [0.1, 0.15) is 11.2 Å². The number of nitrogens with zero attached hydrogens (tertiary/aromatic N) is 1. The highest BCUT2D eigenvalue weighted by Gasteiger charge is 2.45. The van der Waals surface area contributed by atoms with Crippen molar-refractivity contribution in [3.8, 4) is 0 Å². The number of alkyl halides is 3. The van der Waals surface area contributed by atoms with Gasteiger partial charge in [0.2, 0.25) is 0 Å². The third-order valence-corrected chi connectivity index (χ3v) is 3.79. The molecule has 2 rings (SSSR count). The van der Waals surface area contributed by atoms with Crippen molar-refractivity contribution in [2.24, 2.45) is 0 Å². The van der Waals surface area contributed by atoms with Gasteiger partial charge in [-0.05, 0) is 44.5 Å². The molecule has 0 atom stereocenters. The summed E-state index contributed by atoms with van der Waals surface area (Å²) in [6, 6.07) is 4.86. The standard InChI is InChI=1S/C18H22F3NO3/c1-16(2,3)25-15(23)22-11-17(12-22,24-4)10-9-13-5-7-14(8-6-13)18(19,20)21/h5-10H,11-12H2,1-4H3. The number of hydrogen-bond donors (Lipinski definition) is 0. The molecule has 4 nitrogen and oxygen atoms in total. The number of halogens is 3. The van der Waals surface area contributed by atoms with E-state index in [0.717, 1.165) is 12.1 Å². The first-order chi connectivity index (χ1) is 11.4. The van der Waals surface area contributed by atoms with Crippen LogP contribution in [-0.2, 0) is 15.7 Å². The minimum absolute atomic E-state index is 0.329. The Kier molecular flexibility index (Phi) is 5.18. The number of ether oxygens (including phenoxy) is 2. The van der Waals surface area contributed by atoms with E-state index in [9.17, 15) is 18.0 Å². The first-order valence-corrected chi connectivity index (χ1v) is 7.84. The fourth-order valence-electron chi connectivity index (χ4n) is 2.39. The van der Waals surface area contributed by atoms with Crippen molar-refractivity contribution in [3.63, 3.8) is 0 Å². The van der Waals surface area contributed by atoms with Crippen molar-refractivity contribution in [2.75, 3.05) is 20.2 Å². The summed E-state index contributed by atoms with van der Waals surface area (Å²) in [6.45, 7) is 6.03. The molecule has 1 saturated heterocycles. The minimum atomic E-state index is -4.35. The van der Waals surface area contributed by atoms with Gasteiger partial charge in [0.25, 0.3) is 0 Å². The van der Waals surface area contributed by atoms with Crippen LogP contribution < -0.4 is 0 Å². The Bertz CT molecular complexity index is 639. The summed E-state index contributed by atoms with van der Waals surface area (Å²) >= 11 is 0. The normalized spacial score (nSPS) is 17.5. The van der Waals surface area contributed by atoms with Gasteiger partial charge in [-0.3, -0.25) is 0 Å². The Morgan fingerprint density at radius 2 is 1.72 bits per heavy atom. The molecule has 0 aliphatic carbocycles. The molecule has 1 amide bonds. The maximum atomic E-state index is 12.6. The maximum Gasteiger partial charge on any atom is 0.416 e. The van der Waals surface area contributed by atoms with E-state index in [4.69, 9.17) is 9.47 Å². The van der Waals surface area contributed by atoms with Crippen LogP contribution >= 0.6 is 0 Å². The van der Waals surface area contributed by atoms with Gasteiger partial charge in [-0.15, -0.1) is 0 Å². The van der Waals surface area contributed by atoms with E-state index in [1.54, 1.807) is 32.9 Å². The van der Waals surface area contributed by atoms with Gasteiger partial charge >= 0.3 is 12.3 Å². The molecular weight excluding hydrogens is 335 g/mol. The largest absolute Gasteiger partial charge is 0.444 e. The van der Waals surface area contributed by atoms with Crippen LogP contribution in [0.15, 0.2) is 30.3 Å². The van der Waals surface area contributed by atoms with Crippen molar-refractivity contribution in [1.82, 2.24) is 4.90 Å². The van der Waals surface area contributed by atoms with E-state index in [1.165, 1.54) is 24.1 Å². The molecule has 0 N–H and O–H groups in total. The summed E-state index contributed by atoms with van der Waals surface area (Å²) in [4.78, 5) is 13.5. The molecule has 1 aliphatic rings. The van der Waals surface area contributed by atoms with Gasteiger partial charge in [-0.1, -0.05) is 18.2 Å². The third kappa shape index (κ3) is 4.98. The molecule has 0 saturated carbocycles. The van der Waals surface area contributed by atoms with Gasteiger partial charge < -0.3 is 14.4 Å². The smallest absolute Gasteiger partial charge is 0.416 e. The average molecular weight is 357 g/mol. The molecule has 1 heterocycles. The van der Waals surface area contributed by atoms with Crippen molar-refractivity contribution < 1.29 is 27.4 Å². The molecule has 1 fully saturated rings. The Morgan fingerprint density at radius 3 is 2.16 bits per heavy atom. The number of benzene rings is 1. The number of likely N-dealkylation sites (tertiary alicyclic amines) is 1. The first kappa shape index (κ1) is 19.3. The van der Waals surface area contributed by atoms with Crippen molar-refractivity contribution in [3.05, 3.63) is 41.5 Å². The summed E-state index contributed by atoms with van der Waals surface area (Å²) in [7, 11) is 1.53. The van der Waals surface area contributed by atoms with Crippen LogP contribution in [0.2, 0.25) is 0 Å². The summed E-state index contributed by atoms with van der Waals surface area (Å²) < 4.78 is 48.4. The topological polar surface area (TPSA) is 38.8 Å². The predicted octanol–water partition coefficient (Wildman–Crippen LogP) is 4.35. The van der Waals surface area contributed by atoms with Gasteiger partial charge in [-0.25, -0.2) is 4.79 Å². The van der Waals surface area contributed by atoms with Crippen LogP contribution in [-0.4, -0.2) is 42.4 Å². The van der Waals surface area contributed by atoms with Gasteiger partial charge in [0.05, 0.1) is 18.7 Å². The monoisotopic (exact) mass is 357 g/mol. The molecule has 138 valence electrons. The molecule has 1 aromatic carbocycles. The van der Waals surface area contributed by atoms with Crippen molar-refractivity contribution in [2.45, 2.75) is 38.1 Å². The molecule has 0 unspecified atom stereocenters. The van der Waals surface area contributed by atoms with Crippen LogP contribution in [0.25, 0.3) is 6.08 Å². The summed E-state index contributed by atoms with van der Waals surface area (Å²) in [5, 5.41) is 0. The molecule has 0 radical (unpaired) electrons. The molecule has 0 bridgehead atoms. The number of methoxy groups -OCH3 is 1. The molecule has 0 aromatic heterocycles. The van der Waals surface area contributed by atoms with E-state index < -0.39 is 29.0 Å². The van der Waals surface area contributed by atoms with Crippen LogP contribution in [0.4, 0.5) is 18.0 Å². The SMILES string of the molecule is COC1(C=Cc2ccc(C(F)(F)F)cc2)CN(C(=O)OC(C)(C)C)C1. The quantitative estimate of drug-likeness (QED) is 0.807. The van der Waals surface area contributed by atoms with Crippen molar-refractivity contribution >= 4 is 12.2 Å².